The third-order valence-electron chi connectivity index (χ3n) is 9.47. The Labute approximate surface area is 270 Å². The fourth-order valence-electron chi connectivity index (χ4n) is 7.31. The fourth-order valence-corrected chi connectivity index (χ4v) is 8.54. The predicted octanol–water partition coefficient (Wildman–Crippen LogP) is 6.58. The number of pyridine rings is 2. The van der Waals surface area contributed by atoms with Gasteiger partial charge in [0.1, 0.15) is 17.5 Å². The second kappa shape index (κ2) is 10.7. The van der Waals surface area contributed by atoms with Gasteiger partial charge >= 0.3 is 5.76 Å². The first-order chi connectivity index (χ1) is 22.9. The zero-order valence-electron chi connectivity index (χ0n) is 24.9. The Balaban J connectivity index is 1.24. The zero-order valence-corrected chi connectivity index (χ0v) is 25.7. The second-order valence-electron chi connectivity index (χ2n) is 12.2. The number of anilines is 1. The number of fused-ring (bicyclic) bond motifs is 5. The Morgan fingerprint density at radius 2 is 1.87 bits per heavy atom. The van der Waals surface area contributed by atoms with Crippen LogP contribution in [0.1, 0.15) is 57.3 Å². The van der Waals surface area contributed by atoms with Crippen molar-refractivity contribution in [1.29, 1.82) is 0 Å². The van der Waals surface area contributed by atoms with E-state index in [-0.39, 0.29) is 29.4 Å². The molecule has 0 spiro atoms. The van der Waals surface area contributed by atoms with Gasteiger partial charge in [-0.25, -0.2) is 18.6 Å². The number of carbonyl (C=O) groups excluding carboxylic acids is 1. The van der Waals surface area contributed by atoms with Gasteiger partial charge < -0.3 is 9.80 Å². The molecule has 0 radical (unpaired) electrons. The molecular weight excluding hydrogens is 622 g/mol. The van der Waals surface area contributed by atoms with Gasteiger partial charge in [0.15, 0.2) is 5.82 Å². The van der Waals surface area contributed by atoms with Crippen LogP contribution in [0, 0.1) is 11.6 Å². The van der Waals surface area contributed by atoms with E-state index in [4.69, 9.17) is 14.5 Å². The Hall–Kier alpha value is -5.23. The van der Waals surface area contributed by atoms with Crippen molar-refractivity contribution in [3.8, 4) is 21.8 Å². The first-order valence-electron chi connectivity index (χ1n) is 15.5. The zero-order chi connectivity index (χ0) is 31.8. The predicted molar refractivity (Wildman–Crippen MR) is 172 cm³/mol. The van der Waals surface area contributed by atoms with Gasteiger partial charge in [-0.1, -0.05) is 29.4 Å². The molecule has 4 aromatic heterocycles. The molecule has 9 nitrogen and oxygen atoms in total. The largest absolute Gasteiger partial charge is 0.439 e. The Morgan fingerprint density at radius 3 is 2.68 bits per heavy atom. The minimum atomic E-state index is -0.716. The van der Waals surface area contributed by atoms with E-state index in [0.717, 1.165) is 50.4 Å². The average Bonchev–Trinajstić information content (AvgIpc) is 3.90. The molecule has 9 rings (SSSR count). The number of rotatable bonds is 6. The fraction of sp³-hybridized carbons (Fsp3) is 0.229. The monoisotopic (exact) mass is 648 g/mol. The number of thiophene rings is 1. The van der Waals surface area contributed by atoms with Crippen molar-refractivity contribution in [2.45, 2.75) is 44.8 Å². The molecule has 3 aliphatic rings. The molecule has 1 saturated heterocycles. The van der Waals surface area contributed by atoms with Crippen LogP contribution in [-0.4, -0.2) is 37.5 Å². The van der Waals surface area contributed by atoms with Gasteiger partial charge in [0.25, 0.3) is 5.91 Å². The molecule has 3 aliphatic heterocycles. The normalized spacial score (nSPS) is 16.7. The van der Waals surface area contributed by atoms with Gasteiger partial charge in [0.05, 0.1) is 33.3 Å². The van der Waals surface area contributed by atoms with Gasteiger partial charge in [-0.15, -0.1) is 11.3 Å². The van der Waals surface area contributed by atoms with Crippen LogP contribution in [0.25, 0.3) is 31.9 Å². The number of hydrogen-bond acceptors (Lipinski definition) is 8. The van der Waals surface area contributed by atoms with Crippen molar-refractivity contribution in [3.63, 3.8) is 0 Å². The summed E-state index contributed by atoms with van der Waals surface area (Å²) in [5, 5.41) is 5.01. The van der Waals surface area contributed by atoms with E-state index in [2.05, 4.69) is 15.0 Å². The van der Waals surface area contributed by atoms with Crippen molar-refractivity contribution >= 4 is 33.1 Å². The number of carbonyl (C=O) groups is 1. The average molecular weight is 649 g/mol. The molecule has 47 heavy (non-hydrogen) atoms. The number of benzene rings is 2. The number of aromatic nitrogens is 4. The van der Waals surface area contributed by atoms with Crippen LogP contribution in [0.4, 0.5) is 14.6 Å². The topological polar surface area (TPSA) is 108 Å². The Morgan fingerprint density at radius 1 is 1.00 bits per heavy atom. The smallest absolute Gasteiger partial charge is 0.347 e. The van der Waals surface area contributed by atoms with Crippen molar-refractivity contribution in [2.24, 2.45) is 0 Å². The lowest BCUT2D eigenvalue weighted by molar-refractivity contribution is 0.0776. The highest BCUT2D eigenvalue weighted by molar-refractivity contribution is 7.23. The second-order valence-corrected chi connectivity index (χ2v) is 13.2. The summed E-state index contributed by atoms with van der Waals surface area (Å²) in [5.74, 6) is -0.422. The summed E-state index contributed by atoms with van der Waals surface area (Å²) in [5.41, 5.74) is 5.61. The maximum absolute atomic E-state index is 14.7. The molecule has 1 amide bonds. The quantitative estimate of drug-likeness (QED) is 0.218. The Kier molecular flexibility index (Phi) is 6.36. The molecule has 7 heterocycles. The van der Waals surface area contributed by atoms with E-state index in [1.54, 1.807) is 24.4 Å². The number of nitrogens with one attached hydrogen (secondary N) is 1. The van der Waals surface area contributed by atoms with E-state index in [1.165, 1.54) is 29.5 Å². The minimum absolute atomic E-state index is 0.0940. The number of hydrogen-bond donors (Lipinski definition) is 1. The summed E-state index contributed by atoms with van der Waals surface area (Å²) >= 11 is 1.49. The van der Waals surface area contributed by atoms with Gasteiger partial charge in [0, 0.05) is 41.8 Å². The molecule has 1 fully saturated rings. The summed E-state index contributed by atoms with van der Waals surface area (Å²) < 4.78 is 34.2. The van der Waals surface area contributed by atoms with Gasteiger partial charge in [-0.3, -0.25) is 19.3 Å². The lowest BCUT2D eigenvalue weighted by Crippen LogP contribution is -2.22. The van der Waals surface area contributed by atoms with E-state index in [9.17, 15) is 18.4 Å². The molecule has 6 aromatic rings. The molecule has 1 unspecified atom stereocenters. The SMILES string of the molecule is O=C1c2c(nc(CCc3ccc(F)cc3)c(-c3noc(=O)[nH]3)c2-c2cc3ccnc(N4Cc5cccc(F)c5C4)c3s2)C2CCCN12. The number of aromatic amines is 1. The molecule has 0 saturated carbocycles. The number of H-pyrrole nitrogens is 1. The summed E-state index contributed by atoms with van der Waals surface area (Å²) in [4.78, 5) is 43.7. The van der Waals surface area contributed by atoms with Crippen LogP contribution in [0.2, 0.25) is 0 Å². The standard InChI is InChI=1S/C35H26F2N6O3S/c36-21-9-6-18(7-10-21)8-11-24-27(32-40-35(45)46-41-32)28(29-30(39-24)25-5-2-14-43(25)34(29)44)26-15-19-12-13-38-33(31(19)47-26)42-16-20-3-1-4-23(37)22(20)17-42/h1,3-4,6-7,9-10,12-13,15,25H,2,5,8,11,14,16-17H2,(H,40,41,45). The highest BCUT2D eigenvalue weighted by atomic mass is 32.1. The first kappa shape index (κ1) is 28.0. The molecule has 0 bridgehead atoms. The van der Waals surface area contributed by atoms with Crippen LogP contribution >= 0.6 is 11.3 Å². The van der Waals surface area contributed by atoms with E-state index in [1.807, 2.05) is 23.1 Å². The molecular formula is C35H26F2N6O3S. The summed E-state index contributed by atoms with van der Waals surface area (Å²) in [6, 6.07) is 15.3. The van der Waals surface area contributed by atoms with Crippen molar-refractivity contribution in [3.05, 3.63) is 117 Å². The number of nitrogens with zero attached hydrogens (tertiary/aromatic N) is 5. The minimum Gasteiger partial charge on any atom is -0.347 e. The third-order valence-corrected chi connectivity index (χ3v) is 10.6. The van der Waals surface area contributed by atoms with Crippen molar-refractivity contribution < 1.29 is 18.1 Å². The number of halogens is 2. The van der Waals surface area contributed by atoms with E-state index in [0.29, 0.717) is 60.4 Å². The summed E-state index contributed by atoms with van der Waals surface area (Å²) in [7, 11) is 0. The van der Waals surface area contributed by atoms with E-state index < -0.39 is 5.76 Å². The lowest BCUT2D eigenvalue weighted by Gasteiger charge is -2.17. The molecule has 12 heteroatoms. The maximum Gasteiger partial charge on any atom is 0.439 e. The highest BCUT2D eigenvalue weighted by Crippen LogP contribution is 2.50. The first-order valence-corrected chi connectivity index (χ1v) is 16.3. The molecule has 0 aliphatic carbocycles. The van der Waals surface area contributed by atoms with Crippen LogP contribution < -0.4 is 10.7 Å². The van der Waals surface area contributed by atoms with Crippen molar-refractivity contribution in [2.75, 3.05) is 11.4 Å². The molecule has 1 N–H and O–H groups in total. The maximum atomic E-state index is 14.7. The van der Waals surface area contributed by atoms with Crippen LogP contribution in [0.15, 0.2) is 70.1 Å². The van der Waals surface area contributed by atoms with Crippen LogP contribution in [0.5, 0.6) is 0 Å². The highest BCUT2D eigenvalue weighted by Gasteiger charge is 2.44. The number of amides is 1. The summed E-state index contributed by atoms with van der Waals surface area (Å²) in [6.45, 7) is 1.58. The third kappa shape index (κ3) is 4.49. The molecule has 2 aromatic carbocycles. The number of aryl methyl sites for hydroxylation is 2. The van der Waals surface area contributed by atoms with Gasteiger partial charge in [0.2, 0.25) is 0 Å². The molecule has 234 valence electrons. The lowest BCUT2D eigenvalue weighted by atomic mass is 9.92. The summed E-state index contributed by atoms with van der Waals surface area (Å²) in [6.07, 6.45) is 4.46. The van der Waals surface area contributed by atoms with Gasteiger partial charge in [-0.2, -0.15) is 0 Å². The van der Waals surface area contributed by atoms with Gasteiger partial charge in [-0.05, 0) is 72.5 Å². The Bertz CT molecular complexity index is 2300. The van der Waals surface area contributed by atoms with Crippen LogP contribution in [-0.2, 0) is 25.9 Å². The van der Waals surface area contributed by atoms with Crippen LogP contribution in [0.3, 0.4) is 0 Å². The van der Waals surface area contributed by atoms with Crippen molar-refractivity contribution in [1.82, 2.24) is 25.0 Å². The van der Waals surface area contributed by atoms with E-state index >= 15 is 0 Å². The molecule has 1 atom stereocenters.